The molecule has 0 amide bonds. The zero-order valence-corrected chi connectivity index (χ0v) is 11.1. The predicted octanol–water partition coefficient (Wildman–Crippen LogP) is 2.90. The molecule has 1 aromatic rings. The van der Waals surface area contributed by atoms with Crippen LogP contribution >= 0.6 is 0 Å². The molecule has 1 aliphatic carbocycles. The zero-order valence-electron chi connectivity index (χ0n) is 11.1. The first-order valence-corrected chi connectivity index (χ1v) is 7.11. The van der Waals surface area contributed by atoms with Crippen molar-refractivity contribution in [2.45, 2.75) is 37.4 Å². The highest BCUT2D eigenvalue weighted by Gasteiger charge is 2.43. The lowest BCUT2D eigenvalue weighted by Crippen LogP contribution is -2.38. The van der Waals surface area contributed by atoms with Crippen molar-refractivity contribution in [3.05, 3.63) is 35.9 Å². The highest BCUT2D eigenvalue weighted by atomic mass is 16.7. The molecule has 0 aromatic heterocycles. The molecule has 1 aliphatic heterocycles. The van der Waals surface area contributed by atoms with E-state index in [1.165, 1.54) is 0 Å². The van der Waals surface area contributed by atoms with Crippen LogP contribution in [0.2, 0.25) is 0 Å². The molecule has 3 nitrogen and oxygen atoms in total. The Balaban J connectivity index is 1.78. The number of hydrogen-bond donors (Lipinski definition) is 0. The fraction of sp³-hybridized carbons (Fsp3) is 0.562. The first kappa shape index (κ1) is 12.8. The number of hydrogen-bond acceptors (Lipinski definition) is 3. The third-order valence-corrected chi connectivity index (χ3v) is 4.36. The van der Waals surface area contributed by atoms with Crippen LogP contribution in [-0.4, -0.2) is 25.3 Å². The van der Waals surface area contributed by atoms with Gasteiger partial charge in [-0.1, -0.05) is 30.3 Å². The lowest BCUT2D eigenvalue weighted by Gasteiger charge is -2.38. The Labute approximate surface area is 113 Å². The van der Waals surface area contributed by atoms with Gasteiger partial charge in [0.05, 0.1) is 13.2 Å². The molecule has 1 aromatic carbocycles. The van der Waals surface area contributed by atoms with Gasteiger partial charge >= 0.3 is 0 Å². The number of benzene rings is 1. The van der Waals surface area contributed by atoms with Gasteiger partial charge in [0, 0.05) is 18.8 Å². The Morgan fingerprint density at radius 2 is 1.95 bits per heavy atom. The van der Waals surface area contributed by atoms with Crippen LogP contribution in [0.3, 0.4) is 0 Å². The van der Waals surface area contributed by atoms with E-state index < -0.39 is 5.79 Å². The zero-order chi connectivity index (χ0) is 13.1. The molecule has 2 atom stereocenters. The molecule has 0 radical (unpaired) electrons. The van der Waals surface area contributed by atoms with Gasteiger partial charge in [-0.25, -0.2) is 0 Å². The molecular formula is C16H20O3. The standard InChI is InChI=1S/C16H20O3/c17-12-15(13-5-2-1-3-6-13)14-7-4-8-16(11-14)18-9-10-19-16/h1-3,5-6,12,14-15H,4,7-11H2/t14-,15-/m1/s1. The summed E-state index contributed by atoms with van der Waals surface area (Å²) >= 11 is 0. The molecule has 2 fully saturated rings. The van der Waals surface area contributed by atoms with E-state index in [1.807, 2.05) is 30.3 Å². The molecule has 0 bridgehead atoms. The maximum Gasteiger partial charge on any atom is 0.168 e. The van der Waals surface area contributed by atoms with E-state index in [2.05, 4.69) is 0 Å². The van der Waals surface area contributed by atoms with Gasteiger partial charge in [-0.3, -0.25) is 0 Å². The summed E-state index contributed by atoms with van der Waals surface area (Å²) in [6.07, 6.45) is 5.04. The van der Waals surface area contributed by atoms with E-state index in [1.54, 1.807) is 0 Å². The van der Waals surface area contributed by atoms with Gasteiger partial charge in [0.25, 0.3) is 0 Å². The molecule has 0 N–H and O–H groups in total. The van der Waals surface area contributed by atoms with Crippen molar-refractivity contribution in [2.75, 3.05) is 13.2 Å². The maximum absolute atomic E-state index is 11.5. The minimum atomic E-state index is -0.404. The summed E-state index contributed by atoms with van der Waals surface area (Å²) in [6, 6.07) is 10.0. The Hall–Kier alpha value is -1.19. The normalized spacial score (nSPS) is 27.3. The van der Waals surface area contributed by atoms with Crippen molar-refractivity contribution in [3.63, 3.8) is 0 Å². The molecule has 102 valence electrons. The van der Waals surface area contributed by atoms with Crippen molar-refractivity contribution in [2.24, 2.45) is 5.92 Å². The molecule has 1 saturated heterocycles. The second kappa shape index (κ2) is 5.43. The number of ether oxygens (including phenoxy) is 2. The fourth-order valence-corrected chi connectivity index (χ4v) is 3.44. The second-order valence-electron chi connectivity index (χ2n) is 5.54. The third-order valence-electron chi connectivity index (χ3n) is 4.36. The number of carbonyl (C=O) groups is 1. The minimum Gasteiger partial charge on any atom is -0.348 e. The van der Waals surface area contributed by atoms with Gasteiger partial charge < -0.3 is 14.3 Å². The van der Waals surface area contributed by atoms with Gasteiger partial charge in [0.1, 0.15) is 6.29 Å². The van der Waals surface area contributed by atoms with Crippen LogP contribution < -0.4 is 0 Å². The number of aldehydes is 1. The monoisotopic (exact) mass is 260 g/mol. The Morgan fingerprint density at radius 3 is 2.63 bits per heavy atom. The van der Waals surface area contributed by atoms with Crippen molar-refractivity contribution >= 4 is 6.29 Å². The van der Waals surface area contributed by atoms with Gasteiger partial charge in [-0.15, -0.1) is 0 Å². The van der Waals surface area contributed by atoms with Crippen LogP contribution in [0.5, 0.6) is 0 Å². The average molecular weight is 260 g/mol. The summed E-state index contributed by atoms with van der Waals surface area (Å²) in [7, 11) is 0. The van der Waals surface area contributed by atoms with E-state index in [9.17, 15) is 4.79 Å². The molecule has 0 unspecified atom stereocenters. The molecular weight excluding hydrogens is 240 g/mol. The molecule has 3 rings (SSSR count). The predicted molar refractivity (Wildman–Crippen MR) is 71.8 cm³/mol. The largest absolute Gasteiger partial charge is 0.348 e. The Kier molecular flexibility index (Phi) is 3.67. The number of rotatable bonds is 3. The molecule has 3 heteroatoms. The van der Waals surface area contributed by atoms with Gasteiger partial charge in [-0.2, -0.15) is 0 Å². The van der Waals surface area contributed by atoms with E-state index in [4.69, 9.17) is 9.47 Å². The van der Waals surface area contributed by atoms with E-state index in [-0.39, 0.29) is 5.92 Å². The second-order valence-corrected chi connectivity index (χ2v) is 5.54. The molecule has 1 heterocycles. The van der Waals surface area contributed by atoms with Crippen LogP contribution in [0.4, 0.5) is 0 Å². The summed E-state index contributed by atoms with van der Waals surface area (Å²) in [5, 5.41) is 0. The third kappa shape index (κ3) is 2.58. The van der Waals surface area contributed by atoms with Crippen molar-refractivity contribution in [1.29, 1.82) is 0 Å². The van der Waals surface area contributed by atoms with Crippen LogP contribution in [0.25, 0.3) is 0 Å². The smallest absolute Gasteiger partial charge is 0.168 e. The first-order valence-electron chi connectivity index (χ1n) is 7.11. The first-order chi connectivity index (χ1) is 9.33. The van der Waals surface area contributed by atoms with Crippen molar-refractivity contribution in [1.82, 2.24) is 0 Å². The Morgan fingerprint density at radius 1 is 1.21 bits per heavy atom. The van der Waals surface area contributed by atoms with Crippen LogP contribution in [0.1, 0.15) is 37.2 Å². The van der Waals surface area contributed by atoms with E-state index >= 15 is 0 Å². The quantitative estimate of drug-likeness (QED) is 0.784. The van der Waals surface area contributed by atoms with Gasteiger partial charge in [0.15, 0.2) is 5.79 Å². The SMILES string of the molecule is O=C[C@H](c1ccccc1)[C@@H]1CCCC2(C1)OCCO2. The van der Waals surface area contributed by atoms with Crippen molar-refractivity contribution < 1.29 is 14.3 Å². The summed E-state index contributed by atoms with van der Waals surface area (Å²) < 4.78 is 11.6. The van der Waals surface area contributed by atoms with E-state index in [0.717, 1.165) is 37.5 Å². The summed E-state index contributed by atoms with van der Waals surface area (Å²) in [5.74, 6) is -0.114. The van der Waals surface area contributed by atoms with Crippen LogP contribution in [0.15, 0.2) is 30.3 Å². The van der Waals surface area contributed by atoms with Crippen LogP contribution in [0, 0.1) is 5.92 Å². The summed E-state index contributed by atoms with van der Waals surface area (Å²) in [4.78, 5) is 11.5. The topological polar surface area (TPSA) is 35.5 Å². The summed E-state index contributed by atoms with van der Waals surface area (Å²) in [6.45, 7) is 1.37. The fourth-order valence-electron chi connectivity index (χ4n) is 3.44. The van der Waals surface area contributed by atoms with Gasteiger partial charge in [-0.05, 0) is 24.3 Å². The lowest BCUT2D eigenvalue weighted by atomic mass is 9.75. The summed E-state index contributed by atoms with van der Waals surface area (Å²) in [5.41, 5.74) is 1.11. The minimum absolute atomic E-state index is 0.0359. The molecule has 1 spiro atoms. The Bertz CT molecular complexity index is 423. The van der Waals surface area contributed by atoms with E-state index in [0.29, 0.717) is 19.1 Å². The molecule has 1 saturated carbocycles. The molecule has 2 aliphatic rings. The molecule has 19 heavy (non-hydrogen) atoms. The number of carbonyl (C=O) groups excluding carboxylic acids is 1. The van der Waals surface area contributed by atoms with Crippen LogP contribution in [-0.2, 0) is 14.3 Å². The average Bonchev–Trinajstić information content (AvgIpc) is 2.89. The highest BCUT2D eigenvalue weighted by molar-refractivity contribution is 5.62. The van der Waals surface area contributed by atoms with Gasteiger partial charge in [0.2, 0.25) is 0 Å². The maximum atomic E-state index is 11.5. The lowest BCUT2D eigenvalue weighted by molar-refractivity contribution is -0.188. The highest BCUT2D eigenvalue weighted by Crippen LogP contribution is 2.43. The van der Waals surface area contributed by atoms with Crippen molar-refractivity contribution in [3.8, 4) is 0 Å².